The first kappa shape index (κ1) is 12.5. The predicted octanol–water partition coefficient (Wildman–Crippen LogP) is 1.97. The first-order valence-corrected chi connectivity index (χ1v) is 6.15. The molecule has 0 atom stereocenters. The van der Waals surface area contributed by atoms with E-state index in [4.69, 9.17) is 4.74 Å². The Morgan fingerprint density at radius 3 is 2.47 bits per heavy atom. The van der Waals surface area contributed by atoms with Gasteiger partial charge in [-0.3, -0.25) is 4.79 Å². The lowest BCUT2D eigenvalue weighted by Gasteiger charge is -2.27. The fourth-order valence-corrected chi connectivity index (χ4v) is 2.21. The molecule has 0 heterocycles. The molecule has 0 radical (unpaired) electrons. The van der Waals surface area contributed by atoms with E-state index in [1.165, 1.54) is 0 Å². The Labute approximate surface area is 92.6 Å². The van der Waals surface area contributed by atoms with E-state index < -0.39 is 0 Å². The number of carbonyl (C=O) groups is 1. The Morgan fingerprint density at radius 1 is 1.27 bits per heavy atom. The van der Waals surface area contributed by atoms with Crippen molar-refractivity contribution in [2.75, 3.05) is 19.7 Å². The Bertz CT molecular complexity index is 186. The van der Waals surface area contributed by atoms with Crippen LogP contribution < -0.4 is 5.32 Å². The number of esters is 1. The number of rotatable bonds is 5. The first-order chi connectivity index (χ1) is 7.27. The predicted molar refractivity (Wildman–Crippen MR) is 60.6 cm³/mol. The van der Waals surface area contributed by atoms with Gasteiger partial charge in [0, 0.05) is 0 Å². The van der Waals surface area contributed by atoms with Crippen molar-refractivity contribution >= 4 is 5.97 Å². The normalized spacial score (nSPS) is 26.3. The monoisotopic (exact) mass is 213 g/mol. The third-order valence-corrected chi connectivity index (χ3v) is 3.15. The van der Waals surface area contributed by atoms with Crippen LogP contribution in [0, 0.1) is 11.8 Å². The summed E-state index contributed by atoms with van der Waals surface area (Å²) in [4.78, 5) is 11.5. The summed E-state index contributed by atoms with van der Waals surface area (Å²) in [5.41, 5.74) is 0. The topological polar surface area (TPSA) is 38.3 Å². The number of carbonyl (C=O) groups excluding carboxylic acids is 1. The summed E-state index contributed by atoms with van der Waals surface area (Å²) in [6, 6.07) is 0. The average molecular weight is 213 g/mol. The summed E-state index contributed by atoms with van der Waals surface area (Å²) >= 11 is 0. The maximum Gasteiger partial charge on any atom is 0.308 e. The molecule has 0 aromatic carbocycles. The zero-order valence-electron chi connectivity index (χ0n) is 9.92. The average Bonchev–Trinajstić information content (AvgIpc) is 2.27. The smallest absolute Gasteiger partial charge is 0.308 e. The Balaban J connectivity index is 2.20. The van der Waals surface area contributed by atoms with E-state index in [1.54, 1.807) is 0 Å². The molecule has 0 spiro atoms. The molecule has 1 N–H and O–H groups in total. The van der Waals surface area contributed by atoms with Crippen LogP contribution in [0.25, 0.3) is 0 Å². The maximum absolute atomic E-state index is 11.5. The van der Waals surface area contributed by atoms with Crippen molar-refractivity contribution in [3.8, 4) is 0 Å². The van der Waals surface area contributed by atoms with Gasteiger partial charge >= 0.3 is 5.97 Å². The molecule has 3 heteroatoms. The van der Waals surface area contributed by atoms with E-state index in [9.17, 15) is 4.79 Å². The minimum atomic E-state index is 0.0133. The van der Waals surface area contributed by atoms with Crippen LogP contribution in [0.4, 0.5) is 0 Å². The molecule has 0 aromatic heterocycles. The third kappa shape index (κ3) is 4.20. The van der Waals surface area contributed by atoms with E-state index in [0.29, 0.717) is 6.61 Å². The van der Waals surface area contributed by atoms with Crippen LogP contribution in [0.3, 0.4) is 0 Å². The van der Waals surface area contributed by atoms with Gasteiger partial charge in [0.2, 0.25) is 0 Å². The molecule has 0 aliphatic heterocycles. The number of ether oxygens (including phenoxy) is 1. The number of hydrogen-bond donors (Lipinski definition) is 1. The van der Waals surface area contributed by atoms with Crippen molar-refractivity contribution in [1.82, 2.24) is 5.32 Å². The van der Waals surface area contributed by atoms with E-state index in [0.717, 1.165) is 44.7 Å². The molecule has 0 amide bonds. The highest BCUT2D eigenvalue weighted by molar-refractivity contribution is 5.72. The van der Waals surface area contributed by atoms with Crippen molar-refractivity contribution in [1.29, 1.82) is 0 Å². The lowest BCUT2D eigenvalue weighted by molar-refractivity contribution is -0.149. The van der Waals surface area contributed by atoms with E-state index >= 15 is 0 Å². The van der Waals surface area contributed by atoms with Gasteiger partial charge in [-0.2, -0.15) is 0 Å². The molecule has 3 nitrogen and oxygen atoms in total. The molecule has 1 aliphatic carbocycles. The summed E-state index contributed by atoms with van der Waals surface area (Å²) in [5.74, 6) is 0.942. The standard InChI is InChI=1S/C12H23NO2/c1-3-13-9-10-5-7-11(8-6-10)12(14)15-4-2/h10-11,13H,3-9H2,1-2H3. The quantitative estimate of drug-likeness (QED) is 0.710. The minimum absolute atomic E-state index is 0.0133. The van der Waals surface area contributed by atoms with Gasteiger partial charge in [-0.1, -0.05) is 6.92 Å². The van der Waals surface area contributed by atoms with Crippen molar-refractivity contribution < 1.29 is 9.53 Å². The van der Waals surface area contributed by atoms with E-state index in [1.807, 2.05) is 6.92 Å². The van der Waals surface area contributed by atoms with Crippen LogP contribution in [0.5, 0.6) is 0 Å². The maximum atomic E-state index is 11.5. The van der Waals surface area contributed by atoms with Gasteiger partial charge < -0.3 is 10.1 Å². The SMILES string of the molecule is CCNCC1CCC(C(=O)OCC)CC1. The van der Waals surface area contributed by atoms with Gasteiger partial charge in [-0.15, -0.1) is 0 Å². The summed E-state index contributed by atoms with van der Waals surface area (Å²) < 4.78 is 5.04. The van der Waals surface area contributed by atoms with Crippen molar-refractivity contribution in [3.63, 3.8) is 0 Å². The molecule has 1 aliphatic rings. The molecule has 15 heavy (non-hydrogen) atoms. The lowest BCUT2D eigenvalue weighted by atomic mass is 9.82. The van der Waals surface area contributed by atoms with Crippen LogP contribution >= 0.6 is 0 Å². The van der Waals surface area contributed by atoms with Crippen molar-refractivity contribution in [3.05, 3.63) is 0 Å². The molecule has 1 fully saturated rings. The molecule has 1 rings (SSSR count). The van der Waals surface area contributed by atoms with Gasteiger partial charge in [-0.05, 0) is 51.6 Å². The highest BCUT2D eigenvalue weighted by Gasteiger charge is 2.26. The molecule has 88 valence electrons. The number of nitrogens with one attached hydrogen (secondary N) is 1. The van der Waals surface area contributed by atoms with Gasteiger partial charge in [0.05, 0.1) is 12.5 Å². The Morgan fingerprint density at radius 2 is 1.93 bits per heavy atom. The molecule has 0 aromatic rings. The van der Waals surface area contributed by atoms with Crippen LogP contribution in [-0.4, -0.2) is 25.7 Å². The largest absolute Gasteiger partial charge is 0.466 e. The van der Waals surface area contributed by atoms with E-state index in [2.05, 4.69) is 12.2 Å². The zero-order chi connectivity index (χ0) is 11.1. The molecule has 0 saturated heterocycles. The fourth-order valence-electron chi connectivity index (χ4n) is 2.21. The zero-order valence-corrected chi connectivity index (χ0v) is 9.92. The van der Waals surface area contributed by atoms with Crippen molar-refractivity contribution in [2.24, 2.45) is 11.8 Å². The summed E-state index contributed by atoms with van der Waals surface area (Å²) in [6.45, 7) is 6.65. The highest BCUT2D eigenvalue weighted by atomic mass is 16.5. The molecule has 0 bridgehead atoms. The van der Waals surface area contributed by atoms with Gasteiger partial charge in [-0.25, -0.2) is 0 Å². The Kier molecular flexibility index (Phi) is 5.69. The van der Waals surface area contributed by atoms with Crippen LogP contribution in [0.1, 0.15) is 39.5 Å². The van der Waals surface area contributed by atoms with Crippen LogP contribution in [0.2, 0.25) is 0 Å². The third-order valence-electron chi connectivity index (χ3n) is 3.15. The minimum Gasteiger partial charge on any atom is -0.466 e. The molecule has 0 unspecified atom stereocenters. The Hall–Kier alpha value is -0.570. The summed E-state index contributed by atoms with van der Waals surface area (Å²) in [7, 11) is 0. The highest BCUT2D eigenvalue weighted by Crippen LogP contribution is 2.29. The second-order valence-electron chi connectivity index (χ2n) is 4.28. The molecule has 1 saturated carbocycles. The van der Waals surface area contributed by atoms with Crippen LogP contribution in [0.15, 0.2) is 0 Å². The molecular weight excluding hydrogens is 190 g/mol. The second-order valence-corrected chi connectivity index (χ2v) is 4.28. The van der Waals surface area contributed by atoms with E-state index in [-0.39, 0.29) is 11.9 Å². The van der Waals surface area contributed by atoms with Gasteiger partial charge in [0.15, 0.2) is 0 Å². The molecular formula is C12H23NO2. The summed E-state index contributed by atoms with van der Waals surface area (Å²) in [5, 5.41) is 3.37. The first-order valence-electron chi connectivity index (χ1n) is 6.15. The van der Waals surface area contributed by atoms with Crippen molar-refractivity contribution in [2.45, 2.75) is 39.5 Å². The van der Waals surface area contributed by atoms with Gasteiger partial charge in [0.25, 0.3) is 0 Å². The lowest BCUT2D eigenvalue weighted by Crippen LogP contribution is -2.29. The second kappa shape index (κ2) is 6.83. The summed E-state index contributed by atoms with van der Waals surface area (Å²) in [6.07, 6.45) is 4.34. The fraction of sp³-hybridized carbons (Fsp3) is 0.917. The van der Waals surface area contributed by atoms with Crippen LogP contribution in [-0.2, 0) is 9.53 Å². The number of hydrogen-bond acceptors (Lipinski definition) is 3. The van der Waals surface area contributed by atoms with Gasteiger partial charge in [0.1, 0.15) is 0 Å².